The number of pyridine rings is 1. The zero-order chi connectivity index (χ0) is 24.9. The number of aromatic nitrogens is 2. The van der Waals surface area contributed by atoms with Crippen molar-refractivity contribution in [1.29, 1.82) is 0 Å². The predicted octanol–water partition coefficient (Wildman–Crippen LogP) is 6.52. The van der Waals surface area contributed by atoms with Crippen molar-refractivity contribution in [2.75, 3.05) is 0 Å². The van der Waals surface area contributed by atoms with E-state index in [9.17, 15) is 9.59 Å². The van der Waals surface area contributed by atoms with Crippen LogP contribution in [0.4, 0.5) is 0 Å². The Hall–Kier alpha value is -5.01. The summed E-state index contributed by atoms with van der Waals surface area (Å²) < 4.78 is 2.11. The topological polar surface area (TPSA) is 51.4 Å². The Bertz CT molecular complexity index is 1820. The lowest BCUT2D eigenvalue weighted by Crippen LogP contribution is -2.35. The number of hydrogen-bond acceptors (Lipinski definition) is 3. The SMILES string of the molecule is O=C1c2ccc(-c3ccc(-c4nc5ccccn5c4-c4ccccc4)cc3)cc2C(=O)C2C=CC#CC12. The molecule has 0 aliphatic heterocycles. The molecule has 2 heterocycles. The van der Waals surface area contributed by atoms with Crippen molar-refractivity contribution in [3.05, 3.63) is 120 Å². The van der Waals surface area contributed by atoms with E-state index in [1.165, 1.54) is 0 Å². The summed E-state index contributed by atoms with van der Waals surface area (Å²) in [6.45, 7) is 0. The third-order valence-corrected chi connectivity index (χ3v) is 7.19. The summed E-state index contributed by atoms with van der Waals surface area (Å²) in [7, 11) is 0. The number of fused-ring (bicyclic) bond motifs is 3. The van der Waals surface area contributed by atoms with Crippen LogP contribution in [0.25, 0.3) is 39.3 Å². The van der Waals surface area contributed by atoms with Gasteiger partial charge in [-0.2, -0.15) is 0 Å². The van der Waals surface area contributed by atoms with E-state index in [1.807, 2.05) is 66.9 Å². The van der Waals surface area contributed by atoms with Crippen LogP contribution in [0.2, 0.25) is 0 Å². The Morgan fingerprint density at radius 1 is 0.703 bits per heavy atom. The molecule has 0 bridgehead atoms. The Balaban J connectivity index is 1.29. The molecule has 0 saturated heterocycles. The van der Waals surface area contributed by atoms with E-state index in [-0.39, 0.29) is 11.6 Å². The summed E-state index contributed by atoms with van der Waals surface area (Å²) in [4.78, 5) is 31.1. The summed E-state index contributed by atoms with van der Waals surface area (Å²) in [6, 6.07) is 30.0. The molecule has 4 nitrogen and oxygen atoms in total. The molecule has 0 saturated carbocycles. The molecule has 0 N–H and O–H groups in total. The van der Waals surface area contributed by atoms with Crippen LogP contribution in [-0.4, -0.2) is 21.0 Å². The van der Waals surface area contributed by atoms with Crippen molar-refractivity contribution < 1.29 is 9.59 Å². The van der Waals surface area contributed by atoms with Crippen LogP contribution in [-0.2, 0) is 0 Å². The number of hydrogen-bond donors (Lipinski definition) is 0. The maximum absolute atomic E-state index is 13.2. The van der Waals surface area contributed by atoms with Crippen LogP contribution >= 0.6 is 0 Å². The minimum absolute atomic E-state index is 0.0412. The van der Waals surface area contributed by atoms with Gasteiger partial charge in [0.1, 0.15) is 5.65 Å². The second-order valence-electron chi connectivity index (χ2n) is 9.32. The third kappa shape index (κ3) is 3.36. The largest absolute Gasteiger partial charge is 0.299 e. The van der Waals surface area contributed by atoms with Gasteiger partial charge in [0, 0.05) is 28.5 Å². The van der Waals surface area contributed by atoms with Gasteiger partial charge in [-0.3, -0.25) is 14.0 Å². The highest BCUT2D eigenvalue weighted by molar-refractivity contribution is 6.18. The van der Waals surface area contributed by atoms with Crippen molar-refractivity contribution in [3.63, 3.8) is 0 Å². The highest BCUT2D eigenvalue weighted by Crippen LogP contribution is 2.36. The number of imidazole rings is 1. The molecule has 37 heavy (non-hydrogen) atoms. The van der Waals surface area contributed by atoms with Gasteiger partial charge in [0.05, 0.1) is 23.2 Å². The van der Waals surface area contributed by atoms with E-state index < -0.39 is 11.8 Å². The lowest BCUT2D eigenvalue weighted by atomic mass is 9.72. The molecule has 0 radical (unpaired) electrons. The number of carbonyl (C=O) groups is 2. The van der Waals surface area contributed by atoms with Gasteiger partial charge in [0.15, 0.2) is 11.6 Å². The lowest BCUT2D eigenvalue weighted by Gasteiger charge is -2.26. The first-order valence-corrected chi connectivity index (χ1v) is 12.2. The molecule has 2 aliphatic carbocycles. The normalized spacial score (nSPS) is 17.7. The zero-order valence-corrected chi connectivity index (χ0v) is 19.8. The highest BCUT2D eigenvalue weighted by Gasteiger charge is 2.40. The van der Waals surface area contributed by atoms with Crippen LogP contribution in [0.15, 0.2) is 109 Å². The van der Waals surface area contributed by atoms with Crippen molar-refractivity contribution >= 4 is 17.2 Å². The summed E-state index contributed by atoms with van der Waals surface area (Å²) >= 11 is 0. The Morgan fingerprint density at radius 2 is 1.46 bits per heavy atom. The average molecular weight is 477 g/mol. The van der Waals surface area contributed by atoms with Crippen LogP contribution in [0.3, 0.4) is 0 Å². The van der Waals surface area contributed by atoms with Gasteiger partial charge in [-0.05, 0) is 35.4 Å². The van der Waals surface area contributed by atoms with Crippen molar-refractivity contribution in [1.82, 2.24) is 9.38 Å². The number of ketones is 2. The smallest absolute Gasteiger partial charge is 0.179 e. The Morgan fingerprint density at radius 3 is 2.30 bits per heavy atom. The van der Waals surface area contributed by atoms with Crippen molar-refractivity contribution in [2.45, 2.75) is 0 Å². The standard InChI is InChI=1S/C33H20N2O2/c36-32-25-10-4-5-11-26(25)33(37)28-20-24(17-18-27(28)32)21-13-15-22(16-14-21)30-31(23-8-2-1-3-9-23)35-19-7-6-12-29(35)34-30/h1-3,5-9,11-20,25-26H. The quantitative estimate of drug-likeness (QED) is 0.279. The third-order valence-electron chi connectivity index (χ3n) is 7.19. The molecule has 174 valence electrons. The fraction of sp³-hybridized carbons (Fsp3) is 0.0606. The van der Waals surface area contributed by atoms with Gasteiger partial charge in [0.2, 0.25) is 0 Å². The minimum atomic E-state index is -0.570. The van der Waals surface area contributed by atoms with Crippen molar-refractivity contribution in [3.8, 4) is 45.5 Å². The molecule has 2 atom stereocenters. The van der Waals surface area contributed by atoms with Gasteiger partial charge in [-0.15, -0.1) is 0 Å². The summed E-state index contributed by atoms with van der Waals surface area (Å²) in [6.07, 6.45) is 5.46. The first-order chi connectivity index (χ1) is 18.2. The molecule has 2 unspecified atom stereocenters. The predicted molar refractivity (Wildman–Crippen MR) is 144 cm³/mol. The summed E-state index contributed by atoms with van der Waals surface area (Å²) in [5.41, 5.74) is 7.75. The number of allylic oxidation sites excluding steroid dienone is 2. The van der Waals surface area contributed by atoms with E-state index in [0.29, 0.717) is 11.1 Å². The molecule has 5 aromatic rings. The number of rotatable bonds is 3. The van der Waals surface area contributed by atoms with Gasteiger partial charge < -0.3 is 0 Å². The fourth-order valence-corrected chi connectivity index (χ4v) is 5.34. The number of nitrogens with zero attached hydrogens (tertiary/aromatic N) is 2. The molecule has 4 heteroatoms. The molecule has 3 aromatic carbocycles. The Kier molecular flexibility index (Phi) is 4.77. The lowest BCUT2D eigenvalue weighted by molar-refractivity contribution is 0.0808. The molecule has 7 rings (SSSR count). The molecular weight excluding hydrogens is 456 g/mol. The van der Waals surface area contributed by atoms with E-state index >= 15 is 0 Å². The minimum Gasteiger partial charge on any atom is -0.299 e. The van der Waals surface area contributed by atoms with E-state index in [1.54, 1.807) is 18.2 Å². The number of Topliss-reactive ketones (excluding diaryl/α,β-unsaturated/α-hetero) is 2. The van der Waals surface area contributed by atoms with E-state index in [2.05, 4.69) is 40.5 Å². The number of benzene rings is 3. The summed E-state index contributed by atoms with van der Waals surface area (Å²) in [5, 5.41) is 0. The molecule has 2 aromatic heterocycles. The summed E-state index contributed by atoms with van der Waals surface area (Å²) in [5.74, 6) is 4.58. The van der Waals surface area contributed by atoms with E-state index in [0.717, 1.165) is 39.3 Å². The van der Waals surface area contributed by atoms with Crippen LogP contribution in [0, 0.1) is 23.7 Å². The first-order valence-electron chi connectivity index (χ1n) is 12.2. The van der Waals surface area contributed by atoms with Crippen LogP contribution in [0.1, 0.15) is 20.7 Å². The van der Waals surface area contributed by atoms with Crippen LogP contribution < -0.4 is 0 Å². The second-order valence-corrected chi connectivity index (χ2v) is 9.32. The number of carbonyl (C=O) groups excluding carboxylic acids is 2. The van der Waals surface area contributed by atoms with Gasteiger partial charge in [-0.25, -0.2) is 4.98 Å². The maximum atomic E-state index is 13.2. The highest BCUT2D eigenvalue weighted by atomic mass is 16.1. The Labute approximate surface area is 213 Å². The monoisotopic (exact) mass is 476 g/mol. The van der Waals surface area contributed by atoms with Gasteiger partial charge in [-0.1, -0.05) is 90.7 Å². The fourth-order valence-electron chi connectivity index (χ4n) is 5.34. The molecule has 0 fully saturated rings. The van der Waals surface area contributed by atoms with Gasteiger partial charge in [0.25, 0.3) is 0 Å². The molecule has 0 spiro atoms. The maximum Gasteiger partial charge on any atom is 0.179 e. The molecule has 0 amide bonds. The molecular formula is C33H20N2O2. The zero-order valence-electron chi connectivity index (χ0n) is 19.8. The molecule has 2 aliphatic rings. The second kappa shape index (κ2) is 8.29. The van der Waals surface area contributed by atoms with Crippen LogP contribution in [0.5, 0.6) is 0 Å². The van der Waals surface area contributed by atoms with Crippen molar-refractivity contribution in [2.24, 2.45) is 11.8 Å². The average Bonchev–Trinajstić information content (AvgIpc) is 3.36. The van der Waals surface area contributed by atoms with Gasteiger partial charge >= 0.3 is 0 Å². The van der Waals surface area contributed by atoms with E-state index in [4.69, 9.17) is 4.98 Å². The first kappa shape index (κ1) is 21.3.